The Morgan fingerprint density at radius 1 is 1.33 bits per heavy atom. The molecule has 0 saturated carbocycles. The lowest BCUT2D eigenvalue weighted by molar-refractivity contribution is 0.0919. The van der Waals surface area contributed by atoms with Crippen LogP contribution in [0.15, 0.2) is 18.2 Å². The van der Waals surface area contributed by atoms with Gasteiger partial charge in [0, 0.05) is 31.3 Å². The van der Waals surface area contributed by atoms with Gasteiger partial charge in [-0.2, -0.15) is 0 Å². The van der Waals surface area contributed by atoms with E-state index in [9.17, 15) is 5.11 Å². The second-order valence-electron chi connectivity index (χ2n) is 4.95. The van der Waals surface area contributed by atoms with Crippen molar-refractivity contribution in [2.75, 3.05) is 33.5 Å². The highest BCUT2D eigenvalue weighted by Crippen LogP contribution is 2.21. The van der Waals surface area contributed by atoms with Crippen LogP contribution in [0.4, 0.5) is 0 Å². The van der Waals surface area contributed by atoms with Crippen molar-refractivity contribution >= 4 is 11.6 Å². The molecular formula is C15H24ClNO4. The Morgan fingerprint density at radius 2 is 2.10 bits per heavy atom. The summed E-state index contributed by atoms with van der Waals surface area (Å²) in [4.78, 5) is 0. The van der Waals surface area contributed by atoms with Gasteiger partial charge in [0.1, 0.15) is 18.5 Å². The number of nitrogens with one attached hydrogen (secondary N) is 1. The quantitative estimate of drug-likeness (QED) is 0.608. The summed E-state index contributed by atoms with van der Waals surface area (Å²) in [5.74, 6) is 0.680. The van der Waals surface area contributed by atoms with Gasteiger partial charge in [-0.1, -0.05) is 11.6 Å². The maximum absolute atomic E-state index is 9.90. The van der Waals surface area contributed by atoms with E-state index in [1.165, 1.54) is 0 Å². The van der Waals surface area contributed by atoms with Gasteiger partial charge in [0.15, 0.2) is 0 Å². The second kappa shape index (κ2) is 9.97. The lowest BCUT2D eigenvalue weighted by atomic mass is 10.2. The number of halogens is 1. The molecule has 3 N–H and O–H groups in total. The van der Waals surface area contributed by atoms with Crippen molar-refractivity contribution in [3.63, 3.8) is 0 Å². The summed E-state index contributed by atoms with van der Waals surface area (Å²) in [5, 5.41) is 22.7. The smallest absolute Gasteiger partial charge is 0.119 e. The molecule has 5 nitrogen and oxygen atoms in total. The third-order valence-electron chi connectivity index (χ3n) is 3.06. The fourth-order valence-corrected chi connectivity index (χ4v) is 1.98. The molecular weight excluding hydrogens is 294 g/mol. The lowest BCUT2D eigenvalue weighted by Gasteiger charge is -2.19. The van der Waals surface area contributed by atoms with Gasteiger partial charge in [-0.05, 0) is 37.1 Å². The Kier molecular flexibility index (Phi) is 8.64. The van der Waals surface area contributed by atoms with E-state index < -0.39 is 6.10 Å². The predicted molar refractivity (Wildman–Crippen MR) is 83.1 cm³/mol. The van der Waals surface area contributed by atoms with Crippen LogP contribution in [0.5, 0.6) is 5.75 Å². The normalized spacial score (nSPS) is 14.0. The maximum Gasteiger partial charge on any atom is 0.119 e. The van der Waals surface area contributed by atoms with Crippen LogP contribution in [0, 0.1) is 6.92 Å². The van der Waals surface area contributed by atoms with Crippen LogP contribution in [0.1, 0.15) is 12.0 Å². The number of aliphatic hydroxyl groups is 2. The largest absolute Gasteiger partial charge is 0.491 e. The number of hydrogen-bond donors (Lipinski definition) is 3. The maximum atomic E-state index is 9.90. The average Bonchev–Trinajstić information content (AvgIpc) is 2.46. The highest BCUT2D eigenvalue weighted by molar-refractivity contribution is 6.31. The van der Waals surface area contributed by atoms with Crippen LogP contribution in [0.25, 0.3) is 0 Å². The summed E-state index contributed by atoms with van der Waals surface area (Å²) in [6.45, 7) is 3.03. The molecule has 2 unspecified atom stereocenters. The average molecular weight is 318 g/mol. The van der Waals surface area contributed by atoms with Crippen molar-refractivity contribution in [2.24, 2.45) is 0 Å². The second-order valence-corrected chi connectivity index (χ2v) is 5.36. The van der Waals surface area contributed by atoms with Crippen LogP contribution in [-0.4, -0.2) is 55.8 Å². The number of aliphatic hydroxyl groups excluding tert-OH is 2. The van der Waals surface area contributed by atoms with Crippen LogP contribution < -0.4 is 10.1 Å². The molecule has 0 aliphatic rings. The highest BCUT2D eigenvalue weighted by Gasteiger charge is 2.11. The summed E-state index contributed by atoms with van der Waals surface area (Å²) in [5.41, 5.74) is 0.935. The number of ether oxygens (including phenoxy) is 2. The van der Waals surface area contributed by atoms with Crippen molar-refractivity contribution < 1.29 is 19.7 Å². The standard InChI is InChI=1S/C15H24ClNO4/c1-11-7-14(3-4-15(11)16)21-10-13(19)8-17-12(5-6-18)9-20-2/h3-4,7,12-13,17-19H,5-6,8-10H2,1-2H3. The van der Waals surface area contributed by atoms with Crippen molar-refractivity contribution in [3.05, 3.63) is 28.8 Å². The minimum atomic E-state index is -0.640. The fourth-order valence-electron chi connectivity index (χ4n) is 1.86. The summed E-state index contributed by atoms with van der Waals surface area (Å²) in [6, 6.07) is 5.40. The van der Waals surface area contributed by atoms with E-state index in [1.807, 2.05) is 13.0 Å². The van der Waals surface area contributed by atoms with Crippen molar-refractivity contribution in [1.82, 2.24) is 5.32 Å². The first-order valence-corrected chi connectivity index (χ1v) is 7.34. The number of hydrogen-bond acceptors (Lipinski definition) is 5. The van der Waals surface area contributed by atoms with Gasteiger partial charge in [0.25, 0.3) is 0 Å². The minimum Gasteiger partial charge on any atom is -0.491 e. The molecule has 21 heavy (non-hydrogen) atoms. The van der Waals surface area contributed by atoms with Crippen LogP contribution in [0.2, 0.25) is 5.02 Å². The highest BCUT2D eigenvalue weighted by atomic mass is 35.5. The van der Waals surface area contributed by atoms with Gasteiger partial charge in [-0.25, -0.2) is 0 Å². The van der Waals surface area contributed by atoms with Crippen molar-refractivity contribution in [2.45, 2.75) is 25.5 Å². The third-order valence-corrected chi connectivity index (χ3v) is 3.48. The topological polar surface area (TPSA) is 71.0 Å². The van der Waals surface area contributed by atoms with Gasteiger partial charge in [-0.3, -0.25) is 0 Å². The van der Waals surface area contributed by atoms with E-state index in [1.54, 1.807) is 19.2 Å². The Balaban J connectivity index is 2.32. The molecule has 6 heteroatoms. The molecule has 1 aromatic rings. The molecule has 120 valence electrons. The minimum absolute atomic E-state index is 0.0208. The molecule has 0 fully saturated rings. The molecule has 0 bridgehead atoms. The summed E-state index contributed by atoms with van der Waals surface area (Å²) >= 11 is 5.94. The summed E-state index contributed by atoms with van der Waals surface area (Å²) in [6.07, 6.45) is -0.0586. The van der Waals surface area contributed by atoms with E-state index in [4.69, 9.17) is 26.2 Å². The van der Waals surface area contributed by atoms with Gasteiger partial charge in [-0.15, -0.1) is 0 Å². The predicted octanol–water partition coefficient (Wildman–Crippen LogP) is 1.38. The summed E-state index contributed by atoms with van der Waals surface area (Å²) < 4.78 is 10.6. The van der Waals surface area contributed by atoms with Crippen LogP contribution >= 0.6 is 11.6 Å². The lowest BCUT2D eigenvalue weighted by Crippen LogP contribution is -2.40. The van der Waals surface area contributed by atoms with E-state index in [2.05, 4.69) is 5.32 Å². The number of aryl methyl sites for hydroxylation is 1. The molecule has 0 spiro atoms. The molecule has 0 aromatic heterocycles. The molecule has 0 saturated heterocycles. The molecule has 1 aromatic carbocycles. The molecule has 0 aliphatic carbocycles. The third kappa shape index (κ3) is 7.11. The molecule has 0 aliphatic heterocycles. The van der Waals surface area contributed by atoms with E-state index >= 15 is 0 Å². The number of rotatable bonds is 10. The van der Waals surface area contributed by atoms with Crippen LogP contribution in [0.3, 0.4) is 0 Å². The monoisotopic (exact) mass is 317 g/mol. The first-order chi connectivity index (χ1) is 10.1. The molecule has 0 heterocycles. The van der Waals surface area contributed by atoms with E-state index in [0.29, 0.717) is 30.3 Å². The SMILES string of the molecule is COCC(CCO)NCC(O)COc1ccc(Cl)c(C)c1. The molecule has 0 radical (unpaired) electrons. The molecule has 0 amide bonds. The molecule has 2 atom stereocenters. The van der Waals surface area contributed by atoms with Crippen LogP contribution in [-0.2, 0) is 4.74 Å². The van der Waals surface area contributed by atoms with Gasteiger partial charge < -0.3 is 25.0 Å². The van der Waals surface area contributed by atoms with Gasteiger partial charge in [0.2, 0.25) is 0 Å². The first kappa shape index (κ1) is 18.2. The zero-order valence-corrected chi connectivity index (χ0v) is 13.3. The number of methoxy groups -OCH3 is 1. The Morgan fingerprint density at radius 3 is 2.71 bits per heavy atom. The van der Waals surface area contributed by atoms with E-state index in [-0.39, 0.29) is 19.3 Å². The van der Waals surface area contributed by atoms with Gasteiger partial charge in [0.05, 0.1) is 6.61 Å². The molecule has 1 rings (SSSR count). The first-order valence-electron chi connectivity index (χ1n) is 6.97. The Hall–Kier alpha value is -0.850. The Bertz CT molecular complexity index is 411. The van der Waals surface area contributed by atoms with Crippen molar-refractivity contribution in [1.29, 1.82) is 0 Å². The fraction of sp³-hybridized carbons (Fsp3) is 0.600. The zero-order chi connectivity index (χ0) is 15.7. The Labute approximate surface area is 130 Å². The number of benzene rings is 1. The zero-order valence-electron chi connectivity index (χ0n) is 12.5. The van der Waals surface area contributed by atoms with Crippen molar-refractivity contribution in [3.8, 4) is 5.75 Å². The van der Waals surface area contributed by atoms with E-state index in [0.717, 1.165) is 5.56 Å². The van der Waals surface area contributed by atoms with Gasteiger partial charge >= 0.3 is 0 Å². The summed E-state index contributed by atoms with van der Waals surface area (Å²) in [7, 11) is 1.61.